The number of amides is 2. The molecule has 0 aliphatic heterocycles. The van der Waals surface area contributed by atoms with Crippen molar-refractivity contribution in [2.75, 3.05) is 6.54 Å². The summed E-state index contributed by atoms with van der Waals surface area (Å²) in [7, 11) is 0. The third kappa shape index (κ3) is 6.03. The van der Waals surface area contributed by atoms with Crippen molar-refractivity contribution in [2.45, 2.75) is 26.3 Å². The summed E-state index contributed by atoms with van der Waals surface area (Å²) in [5.74, 6) is 0.118. The van der Waals surface area contributed by atoms with E-state index in [1.165, 1.54) is 5.56 Å². The molecule has 150 valence electrons. The Balaban J connectivity index is 1.66. The lowest BCUT2D eigenvalue weighted by Gasteiger charge is -2.19. The van der Waals surface area contributed by atoms with Crippen molar-refractivity contribution in [3.63, 3.8) is 0 Å². The van der Waals surface area contributed by atoms with Gasteiger partial charge in [-0.1, -0.05) is 62.4 Å². The maximum absolute atomic E-state index is 12.5. The first-order chi connectivity index (χ1) is 14.0. The molecule has 0 bridgehead atoms. The van der Waals surface area contributed by atoms with Crippen molar-refractivity contribution in [1.29, 1.82) is 0 Å². The molecule has 0 spiro atoms. The number of thiophene rings is 1. The molecule has 0 fully saturated rings. The molecule has 1 atom stereocenters. The summed E-state index contributed by atoms with van der Waals surface area (Å²) in [5, 5.41) is 7.74. The lowest BCUT2D eigenvalue weighted by atomic mass is 9.99. The van der Waals surface area contributed by atoms with Gasteiger partial charge < -0.3 is 10.6 Å². The van der Waals surface area contributed by atoms with Gasteiger partial charge in [-0.25, -0.2) is 0 Å². The Morgan fingerprint density at radius 1 is 0.931 bits per heavy atom. The number of nitrogens with one attached hydrogen (secondary N) is 2. The Hall–Kier alpha value is -2.92. The normalized spacial score (nSPS) is 11.8. The molecule has 2 aromatic carbocycles. The largest absolute Gasteiger partial charge is 0.343 e. The third-order valence-electron chi connectivity index (χ3n) is 4.54. The molecular weight excluding hydrogens is 380 g/mol. The van der Waals surface area contributed by atoms with Gasteiger partial charge in [0.25, 0.3) is 5.91 Å². The Kier molecular flexibility index (Phi) is 7.19. The van der Waals surface area contributed by atoms with Crippen LogP contribution in [0.4, 0.5) is 0 Å². The predicted molar refractivity (Wildman–Crippen MR) is 118 cm³/mol. The van der Waals surface area contributed by atoms with E-state index in [-0.39, 0.29) is 24.4 Å². The molecule has 2 amide bonds. The number of hydrogen-bond acceptors (Lipinski definition) is 3. The topological polar surface area (TPSA) is 58.2 Å². The van der Waals surface area contributed by atoms with E-state index in [2.05, 4.69) is 48.7 Å². The van der Waals surface area contributed by atoms with Crippen LogP contribution in [-0.2, 0) is 11.2 Å². The monoisotopic (exact) mass is 406 g/mol. The van der Waals surface area contributed by atoms with Gasteiger partial charge in [0.15, 0.2) is 0 Å². The molecule has 0 saturated carbocycles. The molecule has 2 N–H and O–H groups in total. The van der Waals surface area contributed by atoms with Crippen molar-refractivity contribution in [1.82, 2.24) is 10.6 Å². The Labute approximate surface area is 176 Å². The van der Waals surface area contributed by atoms with Crippen LogP contribution in [0.2, 0.25) is 0 Å². The molecule has 5 heteroatoms. The molecule has 0 saturated heterocycles. The number of hydrogen-bond donors (Lipinski definition) is 2. The van der Waals surface area contributed by atoms with E-state index in [0.717, 1.165) is 16.9 Å². The van der Waals surface area contributed by atoms with Crippen molar-refractivity contribution < 1.29 is 9.59 Å². The summed E-state index contributed by atoms with van der Waals surface area (Å²) >= 11 is 1.60. The van der Waals surface area contributed by atoms with Crippen LogP contribution < -0.4 is 10.6 Å². The molecule has 1 heterocycles. The van der Waals surface area contributed by atoms with Gasteiger partial charge in [-0.05, 0) is 47.0 Å². The van der Waals surface area contributed by atoms with Crippen LogP contribution in [0.3, 0.4) is 0 Å². The molecule has 29 heavy (non-hydrogen) atoms. The molecular formula is C24H26N2O2S. The number of carbonyl (C=O) groups excluding carboxylic acids is 2. The zero-order chi connectivity index (χ0) is 20.6. The fourth-order valence-electron chi connectivity index (χ4n) is 3.16. The summed E-state index contributed by atoms with van der Waals surface area (Å²) in [5.41, 5.74) is 2.86. The predicted octanol–water partition coefficient (Wildman–Crippen LogP) is 4.58. The average molecular weight is 407 g/mol. The molecule has 3 aromatic rings. The summed E-state index contributed by atoms with van der Waals surface area (Å²) in [6, 6.07) is 21.0. The standard InChI is InChI=1S/C24H26N2O2S/c1-17(2)15-18-10-12-19(13-11-18)23(21-9-6-14-29-21)26-22(27)16-25-24(28)20-7-4-3-5-8-20/h3-14,17,23H,15-16H2,1-2H3,(H,25,28)(H,26,27). The van der Waals surface area contributed by atoms with Gasteiger partial charge in [0.05, 0.1) is 12.6 Å². The second-order valence-electron chi connectivity index (χ2n) is 7.40. The van der Waals surface area contributed by atoms with Crippen molar-refractivity contribution in [3.8, 4) is 0 Å². The molecule has 0 aliphatic rings. The highest BCUT2D eigenvalue weighted by Crippen LogP contribution is 2.26. The Morgan fingerprint density at radius 3 is 2.28 bits per heavy atom. The van der Waals surface area contributed by atoms with Gasteiger partial charge in [0.1, 0.15) is 0 Å². The first-order valence-corrected chi connectivity index (χ1v) is 10.7. The van der Waals surface area contributed by atoms with Crippen LogP contribution in [0.1, 0.15) is 46.3 Å². The van der Waals surface area contributed by atoms with Gasteiger partial charge in [0, 0.05) is 10.4 Å². The SMILES string of the molecule is CC(C)Cc1ccc(C(NC(=O)CNC(=O)c2ccccc2)c2cccs2)cc1. The summed E-state index contributed by atoms with van der Waals surface area (Å²) in [6.07, 6.45) is 1.03. The van der Waals surface area contributed by atoms with E-state index >= 15 is 0 Å². The highest BCUT2D eigenvalue weighted by molar-refractivity contribution is 7.10. The number of rotatable bonds is 8. The van der Waals surface area contributed by atoms with E-state index in [4.69, 9.17) is 0 Å². The molecule has 3 rings (SSSR count). The first-order valence-electron chi connectivity index (χ1n) is 9.78. The highest BCUT2D eigenvalue weighted by atomic mass is 32.1. The van der Waals surface area contributed by atoms with Crippen molar-refractivity contribution in [3.05, 3.63) is 93.7 Å². The van der Waals surface area contributed by atoms with Crippen LogP contribution in [-0.4, -0.2) is 18.4 Å². The van der Waals surface area contributed by atoms with Crippen LogP contribution in [0.5, 0.6) is 0 Å². The van der Waals surface area contributed by atoms with E-state index in [9.17, 15) is 9.59 Å². The quantitative estimate of drug-likeness (QED) is 0.575. The van der Waals surface area contributed by atoms with Crippen LogP contribution in [0, 0.1) is 5.92 Å². The Morgan fingerprint density at radius 2 is 1.66 bits per heavy atom. The smallest absolute Gasteiger partial charge is 0.251 e. The summed E-state index contributed by atoms with van der Waals surface area (Å²) in [4.78, 5) is 25.8. The molecule has 1 aromatic heterocycles. The second-order valence-corrected chi connectivity index (χ2v) is 8.38. The zero-order valence-corrected chi connectivity index (χ0v) is 17.5. The number of benzene rings is 2. The molecule has 1 unspecified atom stereocenters. The molecule has 0 radical (unpaired) electrons. The van der Waals surface area contributed by atoms with Crippen molar-refractivity contribution in [2.24, 2.45) is 5.92 Å². The number of carbonyl (C=O) groups is 2. The van der Waals surface area contributed by atoms with E-state index in [0.29, 0.717) is 11.5 Å². The third-order valence-corrected chi connectivity index (χ3v) is 5.47. The lowest BCUT2D eigenvalue weighted by Crippen LogP contribution is -2.38. The zero-order valence-electron chi connectivity index (χ0n) is 16.7. The van der Waals surface area contributed by atoms with Gasteiger partial charge in [0.2, 0.25) is 5.91 Å². The molecule has 0 aliphatic carbocycles. The van der Waals surface area contributed by atoms with Crippen LogP contribution in [0.15, 0.2) is 72.1 Å². The van der Waals surface area contributed by atoms with Gasteiger partial charge >= 0.3 is 0 Å². The summed E-state index contributed by atoms with van der Waals surface area (Å²) < 4.78 is 0. The van der Waals surface area contributed by atoms with E-state index < -0.39 is 0 Å². The van der Waals surface area contributed by atoms with Gasteiger partial charge in [-0.3, -0.25) is 9.59 Å². The van der Waals surface area contributed by atoms with Gasteiger partial charge in [-0.2, -0.15) is 0 Å². The fraction of sp³-hybridized carbons (Fsp3) is 0.250. The molecule has 4 nitrogen and oxygen atoms in total. The fourth-order valence-corrected chi connectivity index (χ4v) is 3.96. The average Bonchev–Trinajstić information content (AvgIpc) is 3.26. The first kappa shape index (κ1) is 20.8. The second kappa shape index (κ2) is 10.0. The van der Waals surface area contributed by atoms with Crippen LogP contribution in [0.25, 0.3) is 0 Å². The van der Waals surface area contributed by atoms with Crippen molar-refractivity contribution >= 4 is 23.2 Å². The van der Waals surface area contributed by atoms with E-state index in [1.54, 1.807) is 35.6 Å². The van der Waals surface area contributed by atoms with E-state index in [1.807, 2.05) is 23.6 Å². The lowest BCUT2D eigenvalue weighted by molar-refractivity contribution is -0.120. The minimum Gasteiger partial charge on any atom is -0.343 e. The van der Waals surface area contributed by atoms with Crippen LogP contribution >= 0.6 is 11.3 Å². The summed E-state index contributed by atoms with van der Waals surface area (Å²) in [6.45, 7) is 4.33. The highest BCUT2D eigenvalue weighted by Gasteiger charge is 2.18. The maximum atomic E-state index is 12.5. The minimum absolute atomic E-state index is 0.0684. The van der Waals surface area contributed by atoms with Gasteiger partial charge in [-0.15, -0.1) is 11.3 Å². The maximum Gasteiger partial charge on any atom is 0.251 e. The Bertz CT molecular complexity index is 919. The minimum atomic E-state index is -0.258.